The predicted molar refractivity (Wildman–Crippen MR) is 70.1 cm³/mol. The normalized spacial score (nSPS) is 19.4. The Bertz CT molecular complexity index is 357. The second kappa shape index (κ2) is 5.50. The van der Waals surface area contributed by atoms with Gasteiger partial charge in [-0.2, -0.15) is 0 Å². The molecule has 2 heterocycles. The Morgan fingerprint density at radius 3 is 2.76 bits per heavy atom. The van der Waals surface area contributed by atoms with Gasteiger partial charge in [0.2, 0.25) is 0 Å². The number of aromatic nitrogens is 1. The van der Waals surface area contributed by atoms with Crippen LogP contribution in [0.2, 0.25) is 0 Å². The summed E-state index contributed by atoms with van der Waals surface area (Å²) in [5, 5.41) is 9.58. The molecule has 0 radical (unpaired) electrons. The Hall–Kier alpha value is -1.09. The molecule has 1 aromatic heterocycles. The monoisotopic (exact) mass is 234 g/mol. The molecule has 0 amide bonds. The zero-order valence-electron chi connectivity index (χ0n) is 10.8. The summed E-state index contributed by atoms with van der Waals surface area (Å²) in [6.07, 6.45) is 5.19. The molecule has 1 saturated heterocycles. The van der Waals surface area contributed by atoms with Gasteiger partial charge in [-0.1, -0.05) is 13.3 Å². The molecule has 0 bridgehead atoms. The summed E-state index contributed by atoms with van der Waals surface area (Å²) in [5.74, 6) is 1.89. The smallest absolute Gasteiger partial charge is 0.128 e. The molecule has 1 atom stereocenters. The summed E-state index contributed by atoms with van der Waals surface area (Å²) in [7, 11) is 0. The average molecular weight is 234 g/mol. The third-order valence-electron chi connectivity index (χ3n) is 3.77. The Kier molecular flexibility index (Phi) is 4.00. The fourth-order valence-corrected chi connectivity index (χ4v) is 2.44. The number of hydrogen-bond donors (Lipinski definition) is 1. The topological polar surface area (TPSA) is 36.4 Å². The Morgan fingerprint density at radius 2 is 2.18 bits per heavy atom. The van der Waals surface area contributed by atoms with Crippen LogP contribution in [0.15, 0.2) is 18.3 Å². The van der Waals surface area contributed by atoms with Crippen LogP contribution >= 0.6 is 0 Å². The first-order valence-electron chi connectivity index (χ1n) is 6.59. The van der Waals surface area contributed by atoms with E-state index in [1.165, 1.54) is 19.3 Å². The molecule has 94 valence electrons. The molecule has 2 rings (SSSR count). The number of aliphatic hydroxyl groups excluding tert-OH is 1. The largest absolute Gasteiger partial charge is 0.389 e. The van der Waals surface area contributed by atoms with Crippen molar-refractivity contribution in [1.29, 1.82) is 0 Å². The molecule has 0 unspecified atom stereocenters. The van der Waals surface area contributed by atoms with Crippen molar-refractivity contribution in [2.45, 2.75) is 39.2 Å². The van der Waals surface area contributed by atoms with E-state index in [0.29, 0.717) is 0 Å². The van der Waals surface area contributed by atoms with Crippen LogP contribution in [-0.4, -0.2) is 23.2 Å². The Labute approximate surface area is 103 Å². The average Bonchev–Trinajstić information content (AvgIpc) is 2.39. The van der Waals surface area contributed by atoms with Gasteiger partial charge in [0.1, 0.15) is 5.82 Å². The zero-order valence-corrected chi connectivity index (χ0v) is 10.8. The molecule has 1 fully saturated rings. The summed E-state index contributed by atoms with van der Waals surface area (Å²) in [4.78, 5) is 6.74. The molecule has 0 spiro atoms. The van der Waals surface area contributed by atoms with E-state index in [0.717, 1.165) is 30.4 Å². The molecule has 0 saturated carbocycles. The van der Waals surface area contributed by atoms with E-state index in [1.807, 2.05) is 12.1 Å². The highest BCUT2D eigenvalue weighted by molar-refractivity contribution is 5.41. The molecular formula is C14H22N2O. The summed E-state index contributed by atoms with van der Waals surface area (Å²) in [6.45, 7) is 6.25. The molecule has 3 nitrogen and oxygen atoms in total. The number of pyridine rings is 1. The van der Waals surface area contributed by atoms with Crippen LogP contribution in [0, 0.1) is 5.92 Å². The van der Waals surface area contributed by atoms with Gasteiger partial charge < -0.3 is 10.0 Å². The van der Waals surface area contributed by atoms with E-state index in [2.05, 4.69) is 16.8 Å². The van der Waals surface area contributed by atoms with E-state index in [-0.39, 0.29) is 0 Å². The quantitative estimate of drug-likeness (QED) is 0.873. The van der Waals surface area contributed by atoms with Crippen LogP contribution in [-0.2, 0) is 0 Å². The minimum atomic E-state index is -0.412. The van der Waals surface area contributed by atoms with Crippen molar-refractivity contribution in [3.63, 3.8) is 0 Å². The van der Waals surface area contributed by atoms with Crippen LogP contribution in [0.4, 0.5) is 5.82 Å². The van der Waals surface area contributed by atoms with Gasteiger partial charge in [0.05, 0.1) is 6.10 Å². The minimum absolute atomic E-state index is 0.412. The Balaban J connectivity index is 2.05. The molecule has 3 heteroatoms. The van der Waals surface area contributed by atoms with Gasteiger partial charge in [0.15, 0.2) is 0 Å². The lowest BCUT2D eigenvalue weighted by Crippen LogP contribution is -2.34. The van der Waals surface area contributed by atoms with E-state index in [1.54, 1.807) is 13.1 Å². The van der Waals surface area contributed by atoms with Gasteiger partial charge in [-0.15, -0.1) is 0 Å². The van der Waals surface area contributed by atoms with Gasteiger partial charge >= 0.3 is 0 Å². The molecule has 1 aromatic rings. The van der Waals surface area contributed by atoms with Gasteiger partial charge in [-0.3, -0.25) is 0 Å². The van der Waals surface area contributed by atoms with E-state index in [4.69, 9.17) is 0 Å². The molecule has 17 heavy (non-hydrogen) atoms. The van der Waals surface area contributed by atoms with Crippen molar-refractivity contribution in [2.75, 3.05) is 18.0 Å². The fourth-order valence-electron chi connectivity index (χ4n) is 2.44. The van der Waals surface area contributed by atoms with E-state index >= 15 is 0 Å². The maximum absolute atomic E-state index is 9.58. The fraction of sp³-hybridized carbons (Fsp3) is 0.643. The van der Waals surface area contributed by atoms with Crippen molar-refractivity contribution in [3.05, 3.63) is 23.9 Å². The first-order valence-corrected chi connectivity index (χ1v) is 6.59. The second-order valence-corrected chi connectivity index (χ2v) is 4.96. The number of rotatable bonds is 3. The van der Waals surface area contributed by atoms with Crippen molar-refractivity contribution in [2.24, 2.45) is 5.92 Å². The number of piperidine rings is 1. The zero-order chi connectivity index (χ0) is 12.3. The first kappa shape index (κ1) is 12.4. The lowest BCUT2D eigenvalue weighted by molar-refractivity contribution is 0.199. The molecule has 1 N–H and O–H groups in total. The van der Waals surface area contributed by atoms with Crippen molar-refractivity contribution in [1.82, 2.24) is 4.98 Å². The van der Waals surface area contributed by atoms with E-state index in [9.17, 15) is 5.11 Å². The lowest BCUT2D eigenvalue weighted by Gasteiger charge is -2.32. The highest BCUT2D eigenvalue weighted by Gasteiger charge is 2.19. The van der Waals surface area contributed by atoms with Gasteiger partial charge in [-0.05, 0) is 43.4 Å². The highest BCUT2D eigenvalue weighted by atomic mass is 16.3. The van der Waals surface area contributed by atoms with Crippen LogP contribution in [0.1, 0.15) is 44.8 Å². The molecule has 1 aliphatic rings. The molecular weight excluding hydrogens is 212 g/mol. The Morgan fingerprint density at radius 1 is 1.47 bits per heavy atom. The molecule has 0 aliphatic carbocycles. The lowest BCUT2D eigenvalue weighted by atomic mass is 9.94. The van der Waals surface area contributed by atoms with Gasteiger partial charge in [0, 0.05) is 19.3 Å². The van der Waals surface area contributed by atoms with Crippen LogP contribution < -0.4 is 4.90 Å². The predicted octanol–water partition coefficient (Wildman–Crippen LogP) is 2.76. The third-order valence-corrected chi connectivity index (χ3v) is 3.77. The standard InChI is InChI=1S/C14H22N2O/c1-3-12-5-8-16(9-6-12)14-10-13(11(2)17)4-7-15-14/h4,7,10-12,17H,3,5-6,8-9H2,1-2H3/t11-/m1/s1. The highest BCUT2D eigenvalue weighted by Crippen LogP contribution is 2.25. The van der Waals surface area contributed by atoms with Crippen LogP contribution in [0.5, 0.6) is 0 Å². The molecule has 1 aliphatic heterocycles. The third kappa shape index (κ3) is 2.97. The van der Waals surface area contributed by atoms with Crippen LogP contribution in [0.25, 0.3) is 0 Å². The summed E-state index contributed by atoms with van der Waals surface area (Å²) in [5.41, 5.74) is 0.951. The summed E-state index contributed by atoms with van der Waals surface area (Å²) < 4.78 is 0. The summed E-state index contributed by atoms with van der Waals surface area (Å²) in [6, 6.07) is 3.89. The number of nitrogens with zero attached hydrogens (tertiary/aromatic N) is 2. The van der Waals surface area contributed by atoms with Gasteiger partial charge in [-0.25, -0.2) is 4.98 Å². The number of hydrogen-bond acceptors (Lipinski definition) is 3. The first-order chi connectivity index (χ1) is 8.20. The maximum Gasteiger partial charge on any atom is 0.128 e. The second-order valence-electron chi connectivity index (χ2n) is 4.96. The van der Waals surface area contributed by atoms with Crippen molar-refractivity contribution >= 4 is 5.82 Å². The SMILES string of the molecule is CCC1CCN(c2cc([C@@H](C)O)ccn2)CC1. The summed E-state index contributed by atoms with van der Waals surface area (Å²) >= 11 is 0. The van der Waals surface area contributed by atoms with E-state index < -0.39 is 6.10 Å². The number of anilines is 1. The van der Waals surface area contributed by atoms with Crippen LogP contribution in [0.3, 0.4) is 0 Å². The molecule has 0 aromatic carbocycles. The maximum atomic E-state index is 9.58. The van der Waals surface area contributed by atoms with Crippen molar-refractivity contribution in [3.8, 4) is 0 Å². The minimum Gasteiger partial charge on any atom is -0.389 e. The van der Waals surface area contributed by atoms with Gasteiger partial charge in [0.25, 0.3) is 0 Å². The van der Waals surface area contributed by atoms with Crippen molar-refractivity contribution < 1.29 is 5.11 Å². The number of aliphatic hydroxyl groups is 1.